The zero-order chi connectivity index (χ0) is 4.28. The first-order valence-corrected chi connectivity index (χ1v) is 1.67. The van der Waals surface area contributed by atoms with E-state index >= 15 is 0 Å². The average molecular weight is 92.0 g/mol. The van der Waals surface area contributed by atoms with Gasteiger partial charge >= 0.3 is 6.03 Å². The molecule has 0 spiro atoms. The molecule has 0 bridgehead atoms. The Balaban J connectivity index is 3.20. The summed E-state index contributed by atoms with van der Waals surface area (Å²) in [4.78, 5) is 9.43. The van der Waals surface area contributed by atoms with Crippen LogP contribution in [0.15, 0.2) is 4.74 Å². The number of carbonyl (C=O) groups is 1. The van der Waals surface area contributed by atoms with Crippen molar-refractivity contribution in [2.45, 2.75) is 0 Å². The van der Waals surface area contributed by atoms with Crippen LogP contribution < -0.4 is 5.73 Å². The summed E-state index contributed by atoms with van der Waals surface area (Å²) in [6.07, 6.45) is 0. The second kappa shape index (κ2) is 1.97. The molecule has 5 heavy (non-hydrogen) atoms. The van der Waals surface area contributed by atoms with Gasteiger partial charge in [0.15, 0.2) is 0 Å². The lowest BCUT2D eigenvalue weighted by Gasteiger charge is -1.66. The predicted molar refractivity (Wildman–Crippen MR) is 23.1 cm³/mol. The van der Waals surface area contributed by atoms with Crippen molar-refractivity contribution >= 4 is 15.1 Å². The van der Waals surface area contributed by atoms with Gasteiger partial charge in [0.25, 0.3) is 0 Å². The molecule has 3 nitrogen and oxygen atoms in total. The van der Waals surface area contributed by atoms with Crippen molar-refractivity contribution in [2.75, 3.05) is 0 Å². The van der Waals surface area contributed by atoms with Gasteiger partial charge in [0, 0.05) is 0 Å². The molecule has 0 aromatic heterocycles. The fourth-order valence-corrected chi connectivity index (χ4v) is 0. The minimum absolute atomic E-state index is 0.608. The van der Waals surface area contributed by atoms with Crippen molar-refractivity contribution in [3.05, 3.63) is 0 Å². The molecule has 0 radical (unpaired) electrons. The van der Waals surface area contributed by atoms with Gasteiger partial charge in [0.1, 0.15) is 0 Å². The van der Waals surface area contributed by atoms with Crippen LogP contribution in [0.4, 0.5) is 4.79 Å². The largest absolute Gasteiger partial charge is 0.350 e. The fraction of sp³-hybridized carbons (Fsp3) is 0. The SMILES string of the molecule is NC(=O)N=[PH3]. The topological polar surface area (TPSA) is 55.5 Å². The van der Waals surface area contributed by atoms with Crippen LogP contribution in [0.5, 0.6) is 0 Å². The number of hydrogen-bond donors (Lipinski definition) is 1. The molecule has 0 aromatic rings. The number of amides is 2. The van der Waals surface area contributed by atoms with E-state index in [2.05, 4.69) is 10.5 Å². The van der Waals surface area contributed by atoms with E-state index < -0.39 is 6.03 Å². The van der Waals surface area contributed by atoms with E-state index in [0.717, 1.165) is 0 Å². The molecule has 0 aliphatic rings. The van der Waals surface area contributed by atoms with Crippen LogP contribution in [0, 0.1) is 0 Å². The Kier molecular flexibility index (Phi) is 1.85. The number of nitrogens with zero attached hydrogens (tertiary/aromatic N) is 1. The van der Waals surface area contributed by atoms with Gasteiger partial charge in [-0.3, -0.25) is 0 Å². The van der Waals surface area contributed by atoms with Crippen molar-refractivity contribution in [1.82, 2.24) is 0 Å². The maximum atomic E-state index is 9.43. The minimum atomic E-state index is -0.608. The van der Waals surface area contributed by atoms with Crippen LogP contribution in [0.2, 0.25) is 0 Å². The van der Waals surface area contributed by atoms with Crippen LogP contribution in [0.25, 0.3) is 0 Å². The quantitative estimate of drug-likeness (QED) is 0.415. The van der Waals surface area contributed by atoms with Gasteiger partial charge in [0.05, 0.1) is 0 Å². The van der Waals surface area contributed by atoms with Crippen molar-refractivity contribution in [3.63, 3.8) is 0 Å². The van der Waals surface area contributed by atoms with Gasteiger partial charge in [-0.25, -0.2) is 9.54 Å². The summed E-state index contributed by atoms with van der Waals surface area (Å²) in [7, 11) is 1.18. The summed E-state index contributed by atoms with van der Waals surface area (Å²) in [5, 5.41) is 0. The molecule has 0 saturated heterocycles. The molecule has 0 aliphatic heterocycles. The fourth-order valence-electron chi connectivity index (χ4n) is 0. The van der Waals surface area contributed by atoms with Crippen molar-refractivity contribution in [3.8, 4) is 0 Å². The third-order valence-electron chi connectivity index (χ3n) is 0.156. The Morgan fingerprint density at radius 1 is 2.00 bits per heavy atom. The summed E-state index contributed by atoms with van der Waals surface area (Å²) in [5.41, 5.74) is 4.49. The molecule has 2 N–H and O–H groups in total. The summed E-state index contributed by atoms with van der Waals surface area (Å²) < 4.78 is 3.06. The Morgan fingerprint density at radius 3 is 2.20 bits per heavy atom. The Morgan fingerprint density at radius 2 is 2.20 bits per heavy atom. The van der Waals surface area contributed by atoms with E-state index in [1.165, 1.54) is 9.03 Å². The maximum absolute atomic E-state index is 9.43. The summed E-state index contributed by atoms with van der Waals surface area (Å²) in [6.45, 7) is 0. The maximum Gasteiger partial charge on any atom is 0.336 e. The Hall–Kier alpha value is -0.300. The molecule has 0 fully saturated rings. The van der Waals surface area contributed by atoms with Crippen LogP contribution in [0.3, 0.4) is 0 Å². The highest BCUT2D eigenvalue weighted by atomic mass is 31.0. The second-order valence-corrected chi connectivity index (χ2v) is 0.813. The average Bonchev–Trinajstić information content (AvgIpc) is 1.38. The molecular weight excluding hydrogens is 87.0 g/mol. The van der Waals surface area contributed by atoms with Crippen LogP contribution in [0.1, 0.15) is 0 Å². The minimum Gasteiger partial charge on any atom is -0.350 e. The van der Waals surface area contributed by atoms with Crippen LogP contribution >= 0.6 is 9.03 Å². The molecule has 0 aromatic carbocycles. The van der Waals surface area contributed by atoms with Gasteiger partial charge in [-0.2, -0.15) is 0 Å². The van der Waals surface area contributed by atoms with E-state index in [9.17, 15) is 4.79 Å². The molecule has 30 valence electrons. The molecular formula is CH5N2OP. The van der Waals surface area contributed by atoms with Crippen molar-refractivity contribution in [1.29, 1.82) is 0 Å². The molecule has 0 heterocycles. The van der Waals surface area contributed by atoms with Crippen LogP contribution in [-0.2, 0) is 0 Å². The lowest BCUT2D eigenvalue weighted by Crippen LogP contribution is -2.00. The molecule has 1 unspecified atom stereocenters. The standard InChI is InChI=1S/CH5N2OP/c2-1(4)3-5/h5H3,(H2,2,4). The monoisotopic (exact) mass is 92.0 g/mol. The highest BCUT2D eigenvalue weighted by molar-refractivity contribution is 7.04. The van der Waals surface area contributed by atoms with Crippen molar-refractivity contribution < 1.29 is 4.79 Å². The van der Waals surface area contributed by atoms with Gasteiger partial charge < -0.3 is 5.73 Å². The van der Waals surface area contributed by atoms with Gasteiger partial charge in [-0.1, -0.05) is 9.03 Å². The van der Waals surface area contributed by atoms with E-state index in [0.29, 0.717) is 0 Å². The first-order valence-electron chi connectivity index (χ1n) is 1.03. The number of hydrogen-bond acceptors (Lipinski definition) is 1. The molecule has 2 amide bonds. The third-order valence-corrected chi connectivity index (χ3v) is 0.468. The van der Waals surface area contributed by atoms with Crippen molar-refractivity contribution in [2.24, 2.45) is 10.5 Å². The summed E-state index contributed by atoms with van der Waals surface area (Å²) in [6, 6.07) is -0.608. The van der Waals surface area contributed by atoms with E-state index in [-0.39, 0.29) is 0 Å². The number of primary amides is 1. The number of rotatable bonds is 0. The summed E-state index contributed by atoms with van der Waals surface area (Å²) >= 11 is 0. The lowest BCUT2D eigenvalue weighted by atomic mass is 11.2. The summed E-state index contributed by atoms with van der Waals surface area (Å²) in [5.74, 6) is 0. The normalized spacial score (nSPS) is 7.20. The Bertz CT molecular complexity index is 60.7. The molecule has 0 aliphatic carbocycles. The third kappa shape index (κ3) is 3.70. The van der Waals surface area contributed by atoms with Gasteiger partial charge in [-0.15, -0.1) is 0 Å². The first kappa shape index (κ1) is 4.70. The van der Waals surface area contributed by atoms with Crippen LogP contribution in [-0.4, -0.2) is 6.03 Å². The molecule has 0 saturated carbocycles. The molecule has 4 heteroatoms. The van der Waals surface area contributed by atoms with Gasteiger partial charge in [-0.05, 0) is 0 Å². The predicted octanol–water partition coefficient (Wildman–Crippen LogP) is -0.144. The lowest BCUT2D eigenvalue weighted by molar-refractivity contribution is 0.257. The van der Waals surface area contributed by atoms with E-state index in [4.69, 9.17) is 0 Å². The zero-order valence-electron chi connectivity index (χ0n) is 2.64. The number of nitrogens with two attached hydrogens (primary N) is 1. The second-order valence-electron chi connectivity index (χ2n) is 0.496. The molecule has 0 rings (SSSR count). The zero-order valence-corrected chi connectivity index (χ0v) is 4.05. The van der Waals surface area contributed by atoms with Gasteiger partial charge in [0.2, 0.25) is 0 Å². The number of carbonyl (C=O) groups excluding carboxylic acids is 1. The highest BCUT2D eigenvalue weighted by Gasteiger charge is 1.70. The van der Waals surface area contributed by atoms with E-state index in [1.807, 2.05) is 0 Å². The number of urea groups is 1. The van der Waals surface area contributed by atoms with E-state index in [1.54, 1.807) is 0 Å². The molecule has 1 atom stereocenters. The first-order chi connectivity index (χ1) is 2.27. The Labute approximate surface area is 31.5 Å². The highest BCUT2D eigenvalue weighted by Crippen LogP contribution is 1.67. The smallest absolute Gasteiger partial charge is 0.336 e.